The number of nitrogens with zero attached hydrogens (tertiary/aromatic N) is 1. The minimum Gasteiger partial charge on any atom is -0.497 e. The number of hydrogen-bond acceptors (Lipinski definition) is 4. The molecule has 3 aliphatic rings. The second-order valence-corrected chi connectivity index (χ2v) is 10.1. The zero-order valence-corrected chi connectivity index (χ0v) is 18.7. The minimum absolute atomic E-state index is 0.00943. The Morgan fingerprint density at radius 1 is 1.16 bits per heavy atom. The number of rotatable bonds is 4. The van der Waals surface area contributed by atoms with Gasteiger partial charge in [0.25, 0.3) is 5.69 Å². The van der Waals surface area contributed by atoms with Crippen LogP contribution in [-0.4, -0.2) is 24.2 Å². The Morgan fingerprint density at radius 3 is 2.66 bits per heavy atom. The van der Waals surface area contributed by atoms with Crippen LogP contribution < -0.4 is 10.1 Å². The largest absolute Gasteiger partial charge is 0.497 e. The van der Waals surface area contributed by atoms with Crippen LogP contribution in [0.4, 0.5) is 15.8 Å². The van der Waals surface area contributed by atoms with Crippen molar-refractivity contribution in [3.8, 4) is 5.75 Å². The lowest BCUT2D eigenvalue weighted by molar-refractivity contribution is -0.384. The molecule has 2 aromatic carbocycles. The van der Waals surface area contributed by atoms with E-state index in [2.05, 4.69) is 30.4 Å². The minimum atomic E-state index is -0.820. The number of nitro benzene ring substituents is 1. The summed E-state index contributed by atoms with van der Waals surface area (Å²) in [6, 6.07) is 13.0. The summed E-state index contributed by atoms with van der Waals surface area (Å²) in [5.74, 6) is 2.23. The number of nitro groups is 1. The van der Waals surface area contributed by atoms with Gasteiger partial charge >= 0.3 is 0 Å². The summed E-state index contributed by atoms with van der Waals surface area (Å²) in [4.78, 5) is 10.6. The number of hydrogen-bond donors (Lipinski definition) is 1. The second-order valence-electron chi connectivity index (χ2n) is 10.1. The summed E-state index contributed by atoms with van der Waals surface area (Å²) in [5.41, 5.74) is 3.74. The van der Waals surface area contributed by atoms with E-state index in [4.69, 9.17) is 4.74 Å². The third kappa shape index (κ3) is 3.54. The van der Waals surface area contributed by atoms with Gasteiger partial charge in [-0.25, -0.2) is 4.39 Å². The number of halogens is 1. The molecule has 6 heteroatoms. The number of non-ortho nitro benzene ring substituents is 1. The Morgan fingerprint density at radius 2 is 1.94 bits per heavy atom. The summed E-state index contributed by atoms with van der Waals surface area (Å²) >= 11 is 0. The van der Waals surface area contributed by atoms with Crippen LogP contribution in [0.2, 0.25) is 0 Å². The number of ether oxygens (including phenoxy) is 1. The van der Waals surface area contributed by atoms with E-state index in [9.17, 15) is 10.1 Å². The molecule has 0 radical (unpaired) electrons. The first-order valence-electron chi connectivity index (χ1n) is 11.7. The summed E-state index contributed by atoms with van der Waals surface area (Å²) in [6.07, 6.45) is 4.62. The summed E-state index contributed by atoms with van der Waals surface area (Å²) in [7, 11) is 1.71. The van der Waals surface area contributed by atoms with E-state index >= 15 is 4.39 Å². The number of benzene rings is 2. The van der Waals surface area contributed by atoms with Gasteiger partial charge in [0.05, 0.1) is 12.0 Å². The van der Waals surface area contributed by atoms with Crippen LogP contribution in [0.1, 0.15) is 56.1 Å². The maximum Gasteiger partial charge on any atom is 0.269 e. The molecular weight excluding hydrogens is 407 g/mol. The highest BCUT2D eigenvalue weighted by Crippen LogP contribution is 2.60. The van der Waals surface area contributed by atoms with Crippen molar-refractivity contribution in [1.82, 2.24) is 0 Å². The third-order valence-corrected chi connectivity index (χ3v) is 8.59. The number of fused-ring (bicyclic) bond motifs is 5. The van der Waals surface area contributed by atoms with E-state index in [1.165, 1.54) is 23.3 Å². The fourth-order valence-corrected chi connectivity index (χ4v) is 6.91. The zero-order chi connectivity index (χ0) is 22.5. The first kappa shape index (κ1) is 21.2. The molecule has 170 valence electrons. The summed E-state index contributed by atoms with van der Waals surface area (Å²) < 4.78 is 20.5. The highest BCUT2D eigenvalue weighted by atomic mass is 19.1. The van der Waals surface area contributed by atoms with Crippen LogP contribution in [-0.2, 0) is 6.42 Å². The molecule has 6 atom stereocenters. The van der Waals surface area contributed by atoms with Crippen molar-refractivity contribution in [3.05, 3.63) is 63.7 Å². The van der Waals surface area contributed by atoms with E-state index in [0.29, 0.717) is 30.6 Å². The predicted molar refractivity (Wildman–Crippen MR) is 123 cm³/mol. The lowest BCUT2D eigenvalue weighted by atomic mass is 9.49. The van der Waals surface area contributed by atoms with Crippen LogP contribution in [0, 0.1) is 27.4 Å². The number of nitrogens with one attached hydrogen (secondary N) is 1. The highest BCUT2D eigenvalue weighted by molar-refractivity contribution is 5.50. The molecule has 0 bridgehead atoms. The summed E-state index contributed by atoms with van der Waals surface area (Å²) in [6.45, 7) is 2.34. The molecule has 1 N–H and O–H groups in total. The van der Waals surface area contributed by atoms with Gasteiger partial charge in [-0.05, 0) is 97.1 Å². The molecule has 2 saturated carbocycles. The Kier molecular flexibility index (Phi) is 5.34. The van der Waals surface area contributed by atoms with Crippen LogP contribution in [0.5, 0.6) is 5.75 Å². The lowest BCUT2D eigenvalue weighted by Crippen LogP contribution is -2.55. The average Bonchev–Trinajstić information content (AvgIpc) is 2.79. The molecular formula is C26H31FN2O3. The Balaban J connectivity index is 1.40. The molecule has 0 spiro atoms. The molecule has 0 unspecified atom stereocenters. The zero-order valence-electron chi connectivity index (χ0n) is 18.7. The number of aryl methyl sites for hydroxylation is 1. The average molecular weight is 439 g/mol. The lowest BCUT2D eigenvalue weighted by Gasteiger charge is -2.58. The van der Waals surface area contributed by atoms with Crippen LogP contribution in [0.15, 0.2) is 42.5 Å². The molecule has 2 fully saturated rings. The first-order valence-corrected chi connectivity index (χ1v) is 11.7. The molecule has 0 aromatic heterocycles. The van der Waals surface area contributed by atoms with E-state index in [-0.39, 0.29) is 17.1 Å². The quantitative estimate of drug-likeness (QED) is 0.451. The van der Waals surface area contributed by atoms with Gasteiger partial charge < -0.3 is 10.1 Å². The van der Waals surface area contributed by atoms with Crippen molar-refractivity contribution < 1.29 is 14.1 Å². The van der Waals surface area contributed by atoms with Crippen LogP contribution in [0.3, 0.4) is 0 Å². The molecule has 0 heterocycles. The SMILES string of the molecule is COc1ccc2c(c1)CC[C@@H]1[C@@H]2CC[C@]2(C)[C@@H](Nc3ccc([N+](=O)[O-])cc3)C[C@@H](F)C[C@@H]12. The fraction of sp³-hybridized carbons (Fsp3) is 0.538. The second kappa shape index (κ2) is 8.05. The maximum atomic E-state index is 15.1. The van der Waals surface area contributed by atoms with Gasteiger partial charge in [-0.15, -0.1) is 0 Å². The third-order valence-electron chi connectivity index (χ3n) is 8.59. The summed E-state index contributed by atoms with van der Waals surface area (Å²) in [5, 5.41) is 14.5. The van der Waals surface area contributed by atoms with E-state index < -0.39 is 11.1 Å². The van der Waals surface area contributed by atoms with Crippen molar-refractivity contribution in [2.24, 2.45) is 17.3 Å². The molecule has 0 saturated heterocycles. The van der Waals surface area contributed by atoms with Crippen LogP contribution in [0.25, 0.3) is 0 Å². The molecule has 2 aromatic rings. The monoisotopic (exact) mass is 438 g/mol. The Labute approximate surface area is 188 Å². The van der Waals surface area contributed by atoms with E-state index in [1.807, 2.05) is 0 Å². The van der Waals surface area contributed by atoms with Crippen molar-refractivity contribution in [2.45, 2.75) is 63.6 Å². The van der Waals surface area contributed by atoms with Crippen molar-refractivity contribution in [3.63, 3.8) is 0 Å². The standard InChI is InChI=1S/C26H31FN2O3/c1-26-12-11-22-21-10-8-20(32-2)13-16(21)3-9-23(22)24(26)14-17(27)15-25(26)28-18-4-6-19(7-5-18)29(30)31/h4-8,10,13,17,22-25,28H,3,9,11-12,14-15H2,1-2H3/t17-,22+,23+,24-,25-,26-/m0/s1. The first-order chi connectivity index (χ1) is 15.4. The molecule has 3 aliphatic carbocycles. The predicted octanol–water partition coefficient (Wildman–Crippen LogP) is 6.28. The van der Waals surface area contributed by atoms with E-state index in [0.717, 1.165) is 37.1 Å². The van der Waals surface area contributed by atoms with Crippen LogP contribution >= 0.6 is 0 Å². The topological polar surface area (TPSA) is 64.4 Å². The number of anilines is 1. The van der Waals surface area contributed by atoms with Gasteiger partial charge in [0, 0.05) is 23.9 Å². The van der Waals surface area contributed by atoms with Gasteiger partial charge in [0.1, 0.15) is 11.9 Å². The van der Waals surface area contributed by atoms with Gasteiger partial charge in [0.2, 0.25) is 0 Å². The van der Waals surface area contributed by atoms with Crippen molar-refractivity contribution in [1.29, 1.82) is 0 Å². The fourth-order valence-electron chi connectivity index (χ4n) is 6.91. The number of methoxy groups -OCH3 is 1. The van der Waals surface area contributed by atoms with Crippen molar-refractivity contribution >= 4 is 11.4 Å². The van der Waals surface area contributed by atoms with Gasteiger partial charge in [-0.1, -0.05) is 13.0 Å². The molecule has 32 heavy (non-hydrogen) atoms. The Bertz CT molecular complexity index is 1010. The van der Waals surface area contributed by atoms with Crippen molar-refractivity contribution in [2.75, 3.05) is 12.4 Å². The van der Waals surface area contributed by atoms with Gasteiger partial charge in [-0.3, -0.25) is 10.1 Å². The number of alkyl halides is 1. The molecule has 5 nitrogen and oxygen atoms in total. The smallest absolute Gasteiger partial charge is 0.269 e. The molecule has 5 rings (SSSR count). The van der Waals surface area contributed by atoms with Gasteiger partial charge in [-0.2, -0.15) is 0 Å². The Hall–Kier alpha value is -2.63. The highest BCUT2D eigenvalue weighted by Gasteiger charge is 2.55. The molecule has 0 aliphatic heterocycles. The van der Waals surface area contributed by atoms with Gasteiger partial charge in [0.15, 0.2) is 0 Å². The molecule has 0 amide bonds. The maximum absolute atomic E-state index is 15.1. The van der Waals surface area contributed by atoms with E-state index in [1.54, 1.807) is 19.2 Å². The normalized spacial score (nSPS) is 33.4.